The average molecular weight is 569 g/mol. The second-order valence-corrected chi connectivity index (χ2v) is 11.3. The Bertz CT molecular complexity index is 1830. The summed E-state index contributed by atoms with van der Waals surface area (Å²) < 4.78 is 14.3. The van der Waals surface area contributed by atoms with Crippen LogP contribution in [0, 0.1) is 5.82 Å². The Morgan fingerprint density at radius 2 is 1.77 bits per heavy atom. The Labute approximate surface area is 253 Å². The smallest absolute Gasteiger partial charge is 0.130 e. The largest absolute Gasteiger partial charge is 0.340 e. The highest BCUT2D eigenvalue weighted by Gasteiger charge is 2.30. The molecule has 0 saturated heterocycles. The van der Waals surface area contributed by atoms with Gasteiger partial charge in [0, 0.05) is 46.1 Å². The Hall–Kier alpha value is -4.77. The molecule has 1 aliphatic heterocycles. The predicted octanol–water partition coefficient (Wildman–Crippen LogP) is 9.36. The van der Waals surface area contributed by atoms with Crippen LogP contribution in [0.3, 0.4) is 0 Å². The Kier molecular flexibility index (Phi) is 7.81. The van der Waals surface area contributed by atoms with Crippen molar-refractivity contribution in [3.63, 3.8) is 0 Å². The van der Waals surface area contributed by atoms with Gasteiger partial charge in [-0.3, -0.25) is 4.98 Å². The van der Waals surface area contributed by atoms with Crippen LogP contribution in [0.1, 0.15) is 55.4 Å². The molecule has 0 amide bonds. The van der Waals surface area contributed by atoms with Crippen molar-refractivity contribution in [1.29, 1.82) is 0 Å². The minimum Gasteiger partial charge on any atom is -0.340 e. The lowest BCUT2D eigenvalue weighted by Crippen LogP contribution is -2.30. The van der Waals surface area contributed by atoms with E-state index in [4.69, 9.17) is 4.98 Å². The van der Waals surface area contributed by atoms with Crippen molar-refractivity contribution >= 4 is 22.4 Å². The highest BCUT2D eigenvalue weighted by molar-refractivity contribution is 5.84. The molecule has 2 aliphatic rings. The predicted molar refractivity (Wildman–Crippen MR) is 176 cm³/mol. The second kappa shape index (κ2) is 11.8. The van der Waals surface area contributed by atoms with Gasteiger partial charge >= 0.3 is 0 Å². The number of benzene rings is 2. The molecule has 0 spiro atoms. The number of allylic oxidation sites excluding steroid dienone is 4. The van der Waals surface area contributed by atoms with Crippen LogP contribution in [0.25, 0.3) is 10.9 Å². The van der Waals surface area contributed by atoms with E-state index in [2.05, 4.69) is 74.2 Å². The van der Waals surface area contributed by atoms with Crippen LogP contribution in [0.2, 0.25) is 0 Å². The van der Waals surface area contributed by atoms with E-state index in [1.807, 2.05) is 29.4 Å². The van der Waals surface area contributed by atoms with Gasteiger partial charge in [-0.25, -0.2) is 9.37 Å². The molecule has 2 aromatic carbocycles. The number of hydrogen-bond donors (Lipinski definition) is 1. The summed E-state index contributed by atoms with van der Waals surface area (Å²) in [6.45, 7) is 17.5. The van der Waals surface area contributed by atoms with Crippen molar-refractivity contribution in [3.05, 3.63) is 155 Å². The Morgan fingerprint density at radius 3 is 2.51 bits per heavy atom. The van der Waals surface area contributed by atoms with E-state index in [0.717, 1.165) is 83.4 Å². The third-order valence-electron chi connectivity index (χ3n) is 8.53. The lowest BCUT2D eigenvalue weighted by atomic mass is 9.85. The van der Waals surface area contributed by atoms with E-state index in [-0.39, 0.29) is 5.82 Å². The Balaban J connectivity index is 1.24. The van der Waals surface area contributed by atoms with E-state index < -0.39 is 0 Å². The van der Waals surface area contributed by atoms with Gasteiger partial charge in [-0.05, 0) is 120 Å². The maximum Gasteiger partial charge on any atom is 0.130 e. The second-order valence-electron chi connectivity index (χ2n) is 11.3. The van der Waals surface area contributed by atoms with Gasteiger partial charge in [-0.15, -0.1) is 0 Å². The summed E-state index contributed by atoms with van der Waals surface area (Å²) in [5.74, 6) is 0.415. The molecule has 216 valence electrons. The number of rotatable bonds is 8. The zero-order valence-electron chi connectivity index (χ0n) is 25.0. The van der Waals surface area contributed by atoms with Crippen LogP contribution in [-0.4, -0.2) is 9.97 Å². The molecule has 1 aliphatic carbocycles. The number of aromatic nitrogens is 2. The van der Waals surface area contributed by atoms with Gasteiger partial charge in [0.15, 0.2) is 0 Å². The monoisotopic (exact) mass is 568 g/mol. The van der Waals surface area contributed by atoms with Crippen LogP contribution < -0.4 is 10.2 Å². The summed E-state index contributed by atoms with van der Waals surface area (Å²) in [5, 5.41) is 4.59. The number of nitrogens with zero attached hydrogens (tertiary/aromatic N) is 3. The molecule has 4 nitrogen and oxygen atoms in total. The number of aryl methyl sites for hydroxylation is 2. The zero-order chi connectivity index (χ0) is 30.1. The zero-order valence-corrected chi connectivity index (χ0v) is 25.0. The highest BCUT2D eigenvalue weighted by atomic mass is 19.1. The van der Waals surface area contributed by atoms with Crippen molar-refractivity contribution < 1.29 is 4.39 Å². The van der Waals surface area contributed by atoms with Gasteiger partial charge in [0.25, 0.3) is 0 Å². The van der Waals surface area contributed by atoms with Crippen LogP contribution in [0.4, 0.5) is 15.9 Å². The molecule has 3 heterocycles. The molecule has 0 bridgehead atoms. The minimum absolute atomic E-state index is 0.282. The fourth-order valence-electron chi connectivity index (χ4n) is 6.25. The summed E-state index contributed by atoms with van der Waals surface area (Å²) in [4.78, 5) is 11.4. The van der Waals surface area contributed by atoms with E-state index >= 15 is 0 Å². The van der Waals surface area contributed by atoms with Gasteiger partial charge in [-0.2, -0.15) is 0 Å². The topological polar surface area (TPSA) is 41.1 Å². The lowest BCUT2D eigenvalue weighted by Gasteiger charge is -2.38. The molecule has 6 rings (SSSR count). The SMILES string of the molecule is C=C1CCCC2=C1C=C(C(=C)Nc1ccc(Cc3ccnc4cc(CC)c(CC)cc34)cn1)C(=C)N2c1cccc(F)c1. The number of fused-ring (bicyclic) bond motifs is 1. The molecule has 4 aromatic rings. The van der Waals surface area contributed by atoms with Gasteiger partial charge in [0.2, 0.25) is 0 Å². The molecule has 0 saturated carbocycles. The van der Waals surface area contributed by atoms with Gasteiger partial charge < -0.3 is 10.2 Å². The summed E-state index contributed by atoms with van der Waals surface area (Å²) >= 11 is 0. The molecule has 1 N–H and O–H groups in total. The van der Waals surface area contributed by atoms with Crippen molar-refractivity contribution in [3.8, 4) is 0 Å². The maximum absolute atomic E-state index is 14.3. The molecule has 0 atom stereocenters. The number of halogens is 1. The maximum atomic E-state index is 14.3. The molecule has 5 heteroatoms. The van der Waals surface area contributed by atoms with Crippen LogP contribution in [0.5, 0.6) is 0 Å². The number of pyridine rings is 2. The van der Waals surface area contributed by atoms with Crippen molar-refractivity contribution in [1.82, 2.24) is 9.97 Å². The van der Waals surface area contributed by atoms with Crippen LogP contribution in [-0.2, 0) is 19.3 Å². The summed E-state index contributed by atoms with van der Waals surface area (Å²) in [7, 11) is 0. The number of anilines is 2. The first-order chi connectivity index (χ1) is 20.9. The first-order valence-corrected chi connectivity index (χ1v) is 15.0. The van der Waals surface area contributed by atoms with Crippen LogP contribution in [0.15, 0.2) is 127 Å². The minimum atomic E-state index is -0.282. The Morgan fingerprint density at radius 1 is 0.953 bits per heavy atom. The van der Waals surface area contributed by atoms with E-state index in [1.165, 1.54) is 28.1 Å². The van der Waals surface area contributed by atoms with E-state index in [9.17, 15) is 4.39 Å². The normalized spacial score (nSPS) is 15.0. The lowest BCUT2D eigenvalue weighted by molar-refractivity contribution is 0.627. The fourth-order valence-corrected chi connectivity index (χ4v) is 6.25. The molecule has 43 heavy (non-hydrogen) atoms. The number of nitrogens with one attached hydrogen (secondary N) is 1. The third-order valence-corrected chi connectivity index (χ3v) is 8.53. The molecule has 0 radical (unpaired) electrons. The van der Waals surface area contributed by atoms with Crippen LogP contribution >= 0.6 is 0 Å². The summed E-state index contributed by atoms with van der Waals surface area (Å²) in [6.07, 6.45) is 11.5. The van der Waals surface area contributed by atoms with Gasteiger partial charge in [0.1, 0.15) is 11.6 Å². The molecule has 2 aromatic heterocycles. The van der Waals surface area contributed by atoms with Gasteiger partial charge in [0.05, 0.1) is 5.52 Å². The molecular weight excluding hydrogens is 531 g/mol. The first-order valence-electron chi connectivity index (χ1n) is 15.0. The average Bonchev–Trinajstić information content (AvgIpc) is 3.01. The summed E-state index contributed by atoms with van der Waals surface area (Å²) in [6, 6.07) is 17.4. The van der Waals surface area contributed by atoms with Crippen molar-refractivity contribution in [2.45, 2.75) is 52.4 Å². The first kappa shape index (κ1) is 28.4. The highest BCUT2D eigenvalue weighted by Crippen LogP contribution is 2.43. The van der Waals surface area contributed by atoms with Gasteiger partial charge in [-0.1, -0.05) is 45.7 Å². The number of hydrogen-bond acceptors (Lipinski definition) is 4. The van der Waals surface area contributed by atoms with E-state index in [0.29, 0.717) is 11.5 Å². The quantitative estimate of drug-likeness (QED) is 0.230. The molecular formula is C38H37FN4. The summed E-state index contributed by atoms with van der Waals surface area (Å²) in [5.41, 5.74) is 12.4. The third kappa shape index (κ3) is 5.55. The van der Waals surface area contributed by atoms with Crippen molar-refractivity contribution in [2.24, 2.45) is 0 Å². The van der Waals surface area contributed by atoms with Crippen molar-refractivity contribution in [2.75, 3.05) is 10.2 Å². The standard InChI is InChI=1S/C38H37FN4/c1-6-28-19-35-30(16-17-40-36(35)20-29(28)7-2)18-27-14-15-38(41-23-27)42-25(4)34-22-33-24(3)10-8-13-37(33)43(26(34)5)32-12-9-11-31(39)21-32/h9,11-12,14-17,19-23H,3-8,10,13,18H2,1-2H3,(H,41,42). The molecule has 0 fully saturated rings. The molecule has 0 unspecified atom stereocenters. The van der Waals surface area contributed by atoms with E-state index in [1.54, 1.807) is 12.1 Å². The fraction of sp³-hybridized carbons (Fsp3) is 0.211.